The monoisotopic (exact) mass is 258 g/mol. The Kier molecular flexibility index (Phi) is 8.16. The van der Waals surface area contributed by atoms with E-state index in [1.54, 1.807) is 0 Å². The van der Waals surface area contributed by atoms with Crippen LogP contribution in [-0.4, -0.2) is 29.2 Å². The number of carbonyl (C=O) groups is 2. The molecule has 5 heteroatoms. The van der Waals surface area contributed by atoms with Crippen LogP contribution in [-0.2, 0) is 4.79 Å². The Morgan fingerprint density at radius 1 is 1.17 bits per heavy atom. The van der Waals surface area contributed by atoms with E-state index in [-0.39, 0.29) is 24.5 Å². The Bertz CT molecular complexity index is 269. The zero-order chi connectivity index (χ0) is 14.1. The summed E-state index contributed by atoms with van der Waals surface area (Å²) in [5.41, 5.74) is 0. The maximum atomic E-state index is 11.6. The fourth-order valence-corrected chi connectivity index (χ4v) is 1.60. The van der Waals surface area contributed by atoms with Crippen LogP contribution in [0.25, 0.3) is 0 Å². The molecule has 0 aliphatic heterocycles. The normalized spacial score (nSPS) is 15.6. The van der Waals surface area contributed by atoms with Gasteiger partial charge in [0.05, 0.1) is 0 Å². The lowest BCUT2D eigenvalue weighted by Crippen LogP contribution is -2.46. The van der Waals surface area contributed by atoms with Gasteiger partial charge in [0.1, 0.15) is 0 Å². The standard InChI is InChI=1S/C13H26N2O3/c1-5-9(2)11(4)15-13(18)14-10(3)7-6-8-12(16)17/h9-11H,5-8H2,1-4H3,(H,16,17)(H2,14,15,18). The van der Waals surface area contributed by atoms with Gasteiger partial charge in [0.15, 0.2) is 0 Å². The van der Waals surface area contributed by atoms with Gasteiger partial charge in [0.25, 0.3) is 0 Å². The molecule has 0 radical (unpaired) electrons. The smallest absolute Gasteiger partial charge is 0.315 e. The molecule has 18 heavy (non-hydrogen) atoms. The molecule has 2 amide bonds. The Labute approximate surface area is 109 Å². The average molecular weight is 258 g/mol. The number of carboxylic acids is 1. The first kappa shape index (κ1) is 16.7. The summed E-state index contributed by atoms with van der Waals surface area (Å²) in [7, 11) is 0. The van der Waals surface area contributed by atoms with Crippen LogP contribution in [0.4, 0.5) is 4.79 Å². The molecule has 0 bridgehead atoms. The van der Waals surface area contributed by atoms with E-state index in [0.717, 1.165) is 6.42 Å². The van der Waals surface area contributed by atoms with Gasteiger partial charge < -0.3 is 15.7 Å². The van der Waals surface area contributed by atoms with E-state index in [2.05, 4.69) is 24.5 Å². The second-order valence-corrected chi connectivity index (χ2v) is 4.98. The number of carbonyl (C=O) groups excluding carboxylic acids is 1. The number of aliphatic carboxylic acids is 1. The molecule has 0 rings (SSSR count). The first-order valence-electron chi connectivity index (χ1n) is 6.65. The van der Waals surface area contributed by atoms with Crippen molar-refractivity contribution >= 4 is 12.0 Å². The quantitative estimate of drug-likeness (QED) is 0.625. The van der Waals surface area contributed by atoms with Crippen LogP contribution in [0.1, 0.15) is 53.4 Å². The summed E-state index contributed by atoms with van der Waals surface area (Å²) in [6.07, 6.45) is 2.43. The molecule has 0 spiro atoms. The topological polar surface area (TPSA) is 78.4 Å². The molecule has 3 N–H and O–H groups in total. The molecule has 3 atom stereocenters. The largest absolute Gasteiger partial charge is 0.481 e. The first-order valence-corrected chi connectivity index (χ1v) is 6.65. The maximum absolute atomic E-state index is 11.6. The minimum atomic E-state index is -0.794. The molecule has 0 aromatic heterocycles. The third-order valence-electron chi connectivity index (χ3n) is 3.26. The first-order chi connectivity index (χ1) is 8.36. The van der Waals surface area contributed by atoms with Crippen LogP contribution in [0.5, 0.6) is 0 Å². The van der Waals surface area contributed by atoms with Crippen LogP contribution >= 0.6 is 0 Å². The molecule has 0 aromatic rings. The van der Waals surface area contributed by atoms with Crippen LogP contribution < -0.4 is 10.6 Å². The van der Waals surface area contributed by atoms with Crippen molar-refractivity contribution in [3.05, 3.63) is 0 Å². The highest BCUT2D eigenvalue weighted by atomic mass is 16.4. The molecule has 0 fully saturated rings. The third kappa shape index (κ3) is 7.92. The third-order valence-corrected chi connectivity index (χ3v) is 3.26. The summed E-state index contributed by atoms with van der Waals surface area (Å²) in [6.45, 7) is 8.06. The van der Waals surface area contributed by atoms with Crippen molar-refractivity contribution in [3.8, 4) is 0 Å². The van der Waals surface area contributed by atoms with Gasteiger partial charge in [-0.05, 0) is 32.6 Å². The van der Waals surface area contributed by atoms with E-state index in [9.17, 15) is 9.59 Å². The Hall–Kier alpha value is -1.26. The second-order valence-electron chi connectivity index (χ2n) is 4.98. The average Bonchev–Trinajstić information content (AvgIpc) is 2.26. The van der Waals surface area contributed by atoms with E-state index in [0.29, 0.717) is 18.8 Å². The number of urea groups is 1. The van der Waals surface area contributed by atoms with Gasteiger partial charge in [0, 0.05) is 18.5 Å². The molecule has 0 aliphatic rings. The molecule has 0 saturated carbocycles. The van der Waals surface area contributed by atoms with Crippen molar-refractivity contribution in [2.45, 2.75) is 65.5 Å². The SMILES string of the molecule is CCC(C)C(C)NC(=O)NC(C)CCCC(=O)O. The number of carboxylic acid groups (broad SMARTS) is 1. The highest BCUT2D eigenvalue weighted by Crippen LogP contribution is 2.06. The van der Waals surface area contributed by atoms with Crippen molar-refractivity contribution in [1.29, 1.82) is 0 Å². The van der Waals surface area contributed by atoms with Gasteiger partial charge >= 0.3 is 12.0 Å². The molecule has 0 saturated heterocycles. The van der Waals surface area contributed by atoms with Gasteiger partial charge in [-0.1, -0.05) is 20.3 Å². The maximum Gasteiger partial charge on any atom is 0.315 e. The van der Waals surface area contributed by atoms with E-state index in [1.165, 1.54) is 0 Å². The number of hydrogen-bond donors (Lipinski definition) is 3. The van der Waals surface area contributed by atoms with Crippen LogP contribution in [0.15, 0.2) is 0 Å². The Balaban J connectivity index is 3.83. The van der Waals surface area contributed by atoms with Crippen LogP contribution in [0.2, 0.25) is 0 Å². The van der Waals surface area contributed by atoms with Gasteiger partial charge in [-0.25, -0.2) is 4.79 Å². The van der Waals surface area contributed by atoms with Crippen LogP contribution in [0, 0.1) is 5.92 Å². The molecule has 0 aromatic carbocycles. The number of hydrogen-bond acceptors (Lipinski definition) is 2. The minimum absolute atomic E-state index is 0.00603. The van der Waals surface area contributed by atoms with Crippen molar-refractivity contribution in [2.75, 3.05) is 0 Å². The lowest BCUT2D eigenvalue weighted by molar-refractivity contribution is -0.137. The zero-order valence-electron chi connectivity index (χ0n) is 11.8. The fourth-order valence-electron chi connectivity index (χ4n) is 1.60. The molecular formula is C13H26N2O3. The predicted molar refractivity (Wildman–Crippen MR) is 71.5 cm³/mol. The highest BCUT2D eigenvalue weighted by molar-refractivity contribution is 5.74. The zero-order valence-corrected chi connectivity index (χ0v) is 11.8. The van der Waals surface area contributed by atoms with E-state index < -0.39 is 5.97 Å². The van der Waals surface area contributed by atoms with Crippen molar-refractivity contribution in [3.63, 3.8) is 0 Å². The summed E-state index contributed by atoms with van der Waals surface area (Å²) in [5.74, 6) is -0.352. The van der Waals surface area contributed by atoms with E-state index in [1.807, 2.05) is 13.8 Å². The molecule has 0 heterocycles. The lowest BCUT2D eigenvalue weighted by Gasteiger charge is -2.22. The highest BCUT2D eigenvalue weighted by Gasteiger charge is 2.14. The lowest BCUT2D eigenvalue weighted by atomic mass is 10.0. The Morgan fingerprint density at radius 3 is 2.28 bits per heavy atom. The fraction of sp³-hybridized carbons (Fsp3) is 0.846. The summed E-state index contributed by atoms with van der Waals surface area (Å²) < 4.78 is 0. The summed E-state index contributed by atoms with van der Waals surface area (Å²) in [6, 6.07) is -0.0414. The van der Waals surface area contributed by atoms with E-state index in [4.69, 9.17) is 5.11 Å². The number of rotatable bonds is 8. The van der Waals surface area contributed by atoms with E-state index >= 15 is 0 Å². The molecule has 106 valence electrons. The number of nitrogens with one attached hydrogen (secondary N) is 2. The Morgan fingerprint density at radius 2 is 1.78 bits per heavy atom. The van der Waals surface area contributed by atoms with Gasteiger partial charge in [-0.3, -0.25) is 4.79 Å². The molecule has 0 aliphatic carbocycles. The van der Waals surface area contributed by atoms with Crippen molar-refractivity contribution in [1.82, 2.24) is 10.6 Å². The second kappa shape index (κ2) is 8.78. The summed E-state index contributed by atoms with van der Waals surface area (Å²) in [5, 5.41) is 14.2. The summed E-state index contributed by atoms with van der Waals surface area (Å²) >= 11 is 0. The molecule has 5 nitrogen and oxygen atoms in total. The van der Waals surface area contributed by atoms with Gasteiger partial charge in [-0.15, -0.1) is 0 Å². The number of amides is 2. The summed E-state index contributed by atoms with van der Waals surface area (Å²) in [4.78, 5) is 22.0. The molecular weight excluding hydrogens is 232 g/mol. The minimum Gasteiger partial charge on any atom is -0.481 e. The predicted octanol–water partition coefficient (Wildman–Crippen LogP) is 2.36. The van der Waals surface area contributed by atoms with Gasteiger partial charge in [0.2, 0.25) is 0 Å². The van der Waals surface area contributed by atoms with Crippen LogP contribution in [0.3, 0.4) is 0 Å². The van der Waals surface area contributed by atoms with Gasteiger partial charge in [-0.2, -0.15) is 0 Å². The molecule has 3 unspecified atom stereocenters. The van der Waals surface area contributed by atoms with Crippen molar-refractivity contribution < 1.29 is 14.7 Å². The van der Waals surface area contributed by atoms with Crippen molar-refractivity contribution in [2.24, 2.45) is 5.92 Å².